The molecule has 1 heterocycles. The summed E-state index contributed by atoms with van der Waals surface area (Å²) in [6.45, 7) is 9.60. The average Bonchev–Trinajstić information content (AvgIpc) is 2.90. The molecule has 112 valence electrons. The Morgan fingerprint density at radius 3 is 2.15 bits per heavy atom. The Morgan fingerprint density at radius 2 is 1.75 bits per heavy atom. The van der Waals surface area contributed by atoms with Crippen LogP contribution in [0.2, 0.25) is 0 Å². The fraction of sp³-hybridized carbons (Fsp3) is 0.733. The van der Waals surface area contributed by atoms with Crippen molar-refractivity contribution in [1.29, 1.82) is 0 Å². The molecule has 0 N–H and O–H groups in total. The molecule has 2 aliphatic rings. The van der Waals surface area contributed by atoms with Crippen molar-refractivity contribution in [2.24, 2.45) is 11.3 Å². The van der Waals surface area contributed by atoms with E-state index in [1.54, 1.807) is 0 Å². The molecule has 1 aliphatic heterocycles. The van der Waals surface area contributed by atoms with E-state index < -0.39 is 23.8 Å². The minimum atomic E-state index is -1.28. The average molecular weight is 282 g/mol. The lowest BCUT2D eigenvalue weighted by atomic mass is 10.0. The highest BCUT2D eigenvalue weighted by molar-refractivity contribution is 5.99. The zero-order valence-corrected chi connectivity index (χ0v) is 12.7. The molecule has 5 heteroatoms. The topological polar surface area (TPSA) is 61.8 Å². The zero-order valence-electron chi connectivity index (χ0n) is 12.7. The van der Waals surface area contributed by atoms with Crippen LogP contribution in [0.1, 0.15) is 41.0 Å². The number of rotatable bonds is 4. The van der Waals surface area contributed by atoms with Gasteiger partial charge >= 0.3 is 11.9 Å². The standard InChI is InChI=1S/C15H22O5/c1-6-9(10-7-14(10,2)3)8-18-11-12(16)19-15(4,5)20-13(11)17/h6,10-11H,7-8H2,1-5H3. The van der Waals surface area contributed by atoms with Crippen molar-refractivity contribution in [1.82, 2.24) is 0 Å². The molecule has 20 heavy (non-hydrogen) atoms. The van der Waals surface area contributed by atoms with Gasteiger partial charge < -0.3 is 14.2 Å². The number of hydrogen-bond donors (Lipinski definition) is 0. The van der Waals surface area contributed by atoms with Crippen LogP contribution in [0.3, 0.4) is 0 Å². The Bertz CT molecular complexity index is 441. The Morgan fingerprint density at radius 1 is 1.25 bits per heavy atom. The summed E-state index contributed by atoms with van der Waals surface area (Å²) in [6, 6.07) is 0. The van der Waals surface area contributed by atoms with Crippen LogP contribution in [0.4, 0.5) is 0 Å². The first-order valence-corrected chi connectivity index (χ1v) is 6.89. The summed E-state index contributed by atoms with van der Waals surface area (Å²) < 4.78 is 15.5. The number of cyclic esters (lactones) is 2. The highest BCUT2D eigenvalue weighted by atomic mass is 16.8. The zero-order chi connectivity index (χ0) is 15.1. The van der Waals surface area contributed by atoms with Crippen molar-refractivity contribution in [3.8, 4) is 0 Å². The maximum absolute atomic E-state index is 11.8. The minimum absolute atomic E-state index is 0.250. The maximum atomic E-state index is 11.8. The molecule has 5 nitrogen and oxygen atoms in total. The molecule has 0 spiro atoms. The lowest BCUT2D eigenvalue weighted by Gasteiger charge is -2.32. The highest BCUT2D eigenvalue weighted by Gasteiger charge is 2.48. The number of carbonyl (C=O) groups is 2. The summed E-state index contributed by atoms with van der Waals surface area (Å²) >= 11 is 0. The van der Waals surface area contributed by atoms with E-state index in [1.165, 1.54) is 13.8 Å². The lowest BCUT2D eigenvalue weighted by molar-refractivity contribution is -0.248. The Hall–Kier alpha value is -1.36. The molecule has 1 saturated heterocycles. The first-order chi connectivity index (χ1) is 9.16. The van der Waals surface area contributed by atoms with Crippen molar-refractivity contribution in [3.63, 3.8) is 0 Å². The fourth-order valence-electron chi connectivity index (χ4n) is 2.51. The molecule has 0 bridgehead atoms. The highest BCUT2D eigenvalue weighted by Crippen LogP contribution is 2.55. The molecular formula is C15H22O5. The van der Waals surface area contributed by atoms with E-state index >= 15 is 0 Å². The number of carbonyl (C=O) groups excluding carboxylic acids is 2. The molecule has 0 radical (unpaired) electrons. The molecule has 0 amide bonds. The molecule has 0 aromatic carbocycles. The number of esters is 2. The molecular weight excluding hydrogens is 260 g/mol. The normalized spacial score (nSPS) is 28.9. The molecule has 1 atom stereocenters. The molecule has 1 unspecified atom stereocenters. The summed E-state index contributed by atoms with van der Waals surface area (Å²) in [5.74, 6) is -2.12. The van der Waals surface area contributed by atoms with Crippen LogP contribution in [-0.4, -0.2) is 30.4 Å². The van der Waals surface area contributed by atoms with Gasteiger partial charge in [0, 0.05) is 13.8 Å². The summed E-state index contributed by atoms with van der Waals surface area (Å²) in [5.41, 5.74) is 1.39. The third-order valence-electron chi connectivity index (χ3n) is 3.87. The number of hydrogen-bond acceptors (Lipinski definition) is 5. The smallest absolute Gasteiger partial charge is 0.350 e. The molecule has 2 fully saturated rings. The van der Waals surface area contributed by atoms with Gasteiger partial charge in [-0.3, -0.25) is 0 Å². The van der Waals surface area contributed by atoms with Gasteiger partial charge in [0.25, 0.3) is 11.9 Å². The van der Waals surface area contributed by atoms with Crippen LogP contribution >= 0.6 is 0 Å². The lowest BCUT2D eigenvalue weighted by Crippen LogP contribution is -2.50. The fourth-order valence-corrected chi connectivity index (χ4v) is 2.51. The van der Waals surface area contributed by atoms with Crippen LogP contribution in [0.25, 0.3) is 0 Å². The van der Waals surface area contributed by atoms with E-state index in [4.69, 9.17) is 14.2 Å². The Labute approximate surface area is 119 Å². The van der Waals surface area contributed by atoms with Crippen molar-refractivity contribution in [2.75, 3.05) is 6.61 Å². The first-order valence-electron chi connectivity index (χ1n) is 6.89. The van der Waals surface area contributed by atoms with Crippen LogP contribution < -0.4 is 0 Å². The van der Waals surface area contributed by atoms with Crippen molar-refractivity contribution >= 4 is 11.9 Å². The third kappa shape index (κ3) is 3.03. The molecule has 1 aliphatic carbocycles. The number of ether oxygens (including phenoxy) is 3. The van der Waals surface area contributed by atoms with E-state index in [-0.39, 0.29) is 12.0 Å². The summed E-state index contributed by atoms with van der Waals surface area (Å²) in [5, 5.41) is 0. The third-order valence-corrected chi connectivity index (χ3v) is 3.87. The van der Waals surface area contributed by atoms with E-state index in [0.717, 1.165) is 12.0 Å². The second-order valence-electron chi connectivity index (χ2n) is 6.54. The van der Waals surface area contributed by atoms with Crippen LogP contribution in [0, 0.1) is 11.3 Å². The van der Waals surface area contributed by atoms with Gasteiger partial charge in [-0.1, -0.05) is 19.9 Å². The van der Waals surface area contributed by atoms with Crippen molar-refractivity contribution in [3.05, 3.63) is 11.6 Å². The summed E-state index contributed by atoms with van der Waals surface area (Å²) in [4.78, 5) is 23.5. The van der Waals surface area contributed by atoms with Gasteiger partial charge in [0.1, 0.15) is 0 Å². The molecule has 0 aromatic heterocycles. The monoisotopic (exact) mass is 282 g/mol. The largest absolute Gasteiger partial charge is 0.421 e. The Kier molecular flexibility index (Phi) is 3.67. The van der Waals surface area contributed by atoms with Gasteiger partial charge in [0.15, 0.2) is 0 Å². The second kappa shape index (κ2) is 4.88. The second-order valence-corrected chi connectivity index (χ2v) is 6.54. The van der Waals surface area contributed by atoms with Crippen LogP contribution in [0.15, 0.2) is 11.6 Å². The molecule has 0 aromatic rings. The predicted octanol–water partition coefficient (Wildman–Crippen LogP) is 2.20. The van der Waals surface area contributed by atoms with E-state index in [2.05, 4.69) is 13.8 Å². The van der Waals surface area contributed by atoms with Gasteiger partial charge in [0.05, 0.1) is 6.61 Å². The summed E-state index contributed by atoms with van der Waals surface area (Å²) in [6.07, 6.45) is 1.81. The van der Waals surface area contributed by atoms with Crippen molar-refractivity contribution < 1.29 is 23.8 Å². The quantitative estimate of drug-likeness (QED) is 0.449. The van der Waals surface area contributed by atoms with Crippen molar-refractivity contribution in [2.45, 2.75) is 52.9 Å². The maximum Gasteiger partial charge on any atom is 0.350 e. The van der Waals surface area contributed by atoms with E-state index in [0.29, 0.717) is 5.92 Å². The molecule has 1 saturated carbocycles. The van der Waals surface area contributed by atoms with Gasteiger partial charge in [0.2, 0.25) is 0 Å². The van der Waals surface area contributed by atoms with Gasteiger partial charge in [-0.05, 0) is 30.3 Å². The first kappa shape index (κ1) is 15.0. The van der Waals surface area contributed by atoms with Crippen LogP contribution in [-0.2, 0) is 23.8 Å². The van der Waals surface area contributed by atoms with Gasteiger partial charge in [-0.2, -0.15) is 0 Å². The minimum Gasteiger partial charge on any atom is -0.421 e. The molecule has 2 rings (SSSR count). The van der Waals surface area contributed by atoms with E-state index in [1.807, 2.05) is 13.0 Å². The predicted molar refractivity (Wildman–Crippen MR) is 71.6 cm³/mol. The Balaban J connectivity index is 1.94. The van der Waals surface area contributed by atoms with Gasteiger partial charge in [-0.25, -0.2) is 9.59 Å². The van der Waals surface area contributed by atoms with Crippen LogP contribution in [0.5, 0.6) is 0 Å². The summed E-state index contributed by atoms with van der Waals surface area (Å²) in [7, 11) is 0. The number of allylic oxidation sites excluding steroid dienone is 1. The van der Waals surface area contributed by atoms with Gasteiger partial charge in [-0.15, -0.1) is 0 Å². The SMILES string of the molecule is CC=C(COC1C(=O)OC(C)(C)OC1=O)C1CC1(C)C. The van der Waals surface area contributed by atoms with E-state index in [9.17, 15) is 9.59 Å².